The second-order valence-electron chi connectivity index (χ2n) is 2.95. The lowest BCUT2D eigenvalue weighted by Gasteiger charge is -2.12. The van der Waals surface area contributed by atoms with E-state index in [1.807, 2.05) is 29.4 Å². The number of aryl methyl sites for hydroxylation is 1. The Bertz CT molecular complexity index is 257. The van der Waals surface area contributed by atoms with Gasteiger partial charge in [-0.3, -0.25) is 0 Å². The standard InChI is InChI=1S/C8H15N3S/c1-6-4-11(8(9)10-6)7(2)5-12-3/h4,7H,5H2,1-3H3,(H2,9,10). The van der Waals surface area contributed by atoms with Crippen LogP contribution in [0.4, 0.5) is 5.95 Å². The normalized spacial score (nSPS) is 13.2. The Morgan fingerprint density at radius 2 is 2.42 bits per heavy atom. The summed E-state index contributed by atoms with van der Waals surface area (Å²) in [4.78, 5) is 4.15. The van der Waals surface area contributed by atoms with Crippen LogP contribution in [0.5, 0.6) is 0 Å². The van der Waals surface area contributed by atoms with Crippen molar-refractivity contribution in [1.29, 1.82) is 0 Å². The molecule has 0 aliphatic rings. The van der Waals surface area contributed by atoms with Crippen molar-refractivity contribution in [3.8, 4) is 0 Å². The maximum absolute atomic E-state index is 5.72. The summed E-state index contributed by atoms with van der Waals surface area (Å²) in [5, 5.41) is 0. The molecule has 0 aliphatic carbocycles. The van der Waals surface area contributed by atoms with Gasteiger partial charge in [-0.1, -0.05) is 0 Å². The Balaban J connectivity index is 2.79. The van der Waals surface area contributed by atoms with Gasteiger partial charge in [-0.15, -0.1) is 0 Å². The fourth-order valence-electron chi connectivity index (χ4n) is 1.21. The molecule has 2 N–H and O–H groups in total. The number of rotatable bonds is 3. The lowest BCUT2D eigenvalue weighted by Crippen LogP contribution is -2.09. The van der Waals surface area contributed by atoms with E-state index in [9.17, 15) is 0 Å². The van der Waals surface area contributed by atoms with Gasteiger partial charge in [-0.25, -0.2) is 4.98 Å². The maximum atomic E-state index is 5.72. The molecule has 0 saturated heterocycles. The van der Waals surface area contributed by atoms with E-state index >= 15 is 0 Å². The van der Waals surface area contributed by atoms with Gasteiger partial charge in [0, 0.05) is 18.0 Å². The van der Waals surface area contributed by atoms with Crippen molar-refractivity contribution < 1.29 is 0 Å². The Kier molecular flexibility index (Phi) is 3.03. The first kappa shape index (κ1) is 9.45. The highest BCUT2D eigenvalue weighted by Gasteiger charge is 2.07. The number of thioether (sulfide) groups is 1. The average Bonchev–Trinajstić information content (AvgIpc) is 2.30. The lowest BCUT2D eigenvalue weighted by atomic mass is 10.4. The van der Waals surface area contributed by atoms with Crippen molar-refractivity contribution in [2.75, 3.05) is 17.7 Å². The van der Waals surface area contributed by atoms with E-state index in [-0.39, 0.29) is 0 Å². The summed E-state index contributed by atoms with van der Waals surface area (Å²) >= 11 is 1.82. The summed E-state index contributed by atoms with van der Waals surface area (Å²) in [5.41, 5.74) is 6.70. The predicted molar refractivity (Wildman–Crippen MR) is 54.5 cm³/mol. The molecule has 0 fully saturated rings. The molecule has 1 atom stereocenters. The summed E-state index contributed by atoms with van der Waals surface area (Å²) in [6.07, 6.45) is 4.09. The summed E-state index contributed by atoms with van der Waals surface area (Å²) in [7, 11) is 0. The first-order valence-corrected chi connectivity index (χ1v) is 5.34. The van der Waals surface area contributed by atoms with Gasteiger partial charge in [-0.2, -0.15) is 11.8 Å². The molecule has 68 valence electrons. The van der Waals surface area contributed by atoms with Crippen LogP contribution in [0, 0.1) is 6.92 Å². The molecule has 3 nitrogen and oxygen atoms in total. The number of nitrogens with two attached hydrogens (primary N) is 1. The van der Waals surface area contributed by atoms with Gasteiger partial charge in [0.05, 0.1) is 5.69 Å². The molecule has 1 rings (SSSR count). The summed E-state index contributed by atoms with van der Waals surface area (Å²) < 4.78 is 2.02. The second kappa shape index (κ2) is 3.85. The number of imidazole rings is 1. The van der Waals surface area contributed by atoms with E-state index < -0.39 is 0 Å². The van der Waals surface area contributed by atoms with E-state index in [2.05, 4.69) is 18.2 Å². The minimum absolute atomic E-state index is 0.432. The molecule has 0 spiro atoms. The molecule has 0 bridgehead atoms. The number of hydrogen-bond acceptors (Lipinski definition) is 3. The van der Waals surface area contributed by atoms with Crippen LogP contribution in [0.25, 0.3) is 0 Å². The molecule has 12 heavy (non-hydrogen) atoms. The van der Waals surface area contributed by atoms with Crippen molar-refractivity contribution >= 4 is 17.7 Å². The Hall–Kier alpha value is -0.640. The SMILES string of the molecule is CSCC(C)n1cc(C)nc1N. The van der Waals surface area contributed by atoms with Gasteiger partial charge in [-0.05, 0) is 20.1 Å². The number of nitrogen functional groups attached to an aromatic ring is 1. The molecule has 0 aromatic carbocycles. The molecular formula is C8H15N3S. The average molecular weight is 185 g/mol. The zero-order valence-electron chi connectivity index (χ0n) is 7.74. The molecule has 0 radical (unpaired) electrons. The molecule has 0 saturated carbocycles. The van der Waals surface area contributed by atoms with Crippen LogP contribution >= 0.6 is 11.8 Å². The van der Waals surface area contributed by atoms with Crippen LogP contribution in [-0.2, 0) is 0 Å². The maximum Gasteiger partial charge on any atom is 0.200 e. The van der Waals surface area contributed by atoms with Gasteiger partial charge in [0.1, 0.15) is 0 Å². The van der Waals surface area contributed by atoms with E-state index in [0.29, 0.717) is 12.0 Å². The fourth-order valence-corrected chi connectivity index (χ4v) is 1.85. The molecule has 1 aromatic heterocycles. The lowest BCUT2D eigenvalue weighted by molar-refractivity contribution is 0.618. The van der Waals surface area contributed by atoms with E-state index in [1.54, 1.807) is 0 Å². The van der Waals surface area contributed by atoms with Crippen LogP contribution in [0.2, 0.25) is 0 Å². The zero-order valence-corrected chi connectivity index (χ0v) is 8.56. The van der Waals surface area contributed by atoms with Crippen molar-refractivity contribution in [3.63, 3.8) is 0 Å². The van der Waals surface area contributed by atoms with Crippen LogP contribution in [0.1, 0.15) is 18.7 Å². The first-order valence-electron chi connectivity index (χ1n) is 3.95. The Morgan fingerprint density at radius 1 is 1.75 bits per heavy atom. The van der Waals surface area contributed by atoms with Gasteiger partial charge in [0.15, 0.2) is 0 Å². The summed E-state index contributed by atoms with van der Waals surface area (Å²) in [5.74, 6) is 1.69. The van der Waals surface area contributed by atoms with Gasteiger partial charge < -0.3 is 10.3 Å². The number of aromatic nitrogens is 2. The summed E-state index contributed by atoms with van der Waals surface area (Å²) in [6.45, 7) is 4.10. The predicted octanol–water partition coefficient (Wildman–Crippen LogP) is 1.70. The fraction of sp³-hybridized carbons (Fsp3) is 0.625. The molecule has 1 heterocycles. The molecule has 1 aromatic rings. The Morgan fingerprint density at radius 3 is 2.83 bits per heavy atom. The van der Waals surface area contributed by atoms with Crippen LogP contribution in [-0.4, -0.2) is 21.6 Å². The van der Waals surface area contributed by atoms with Crippen LogP contribution in [0.3, 0.4) is 0 Å². The Labute approximate surface area is 77.4 Å². The van der Waals surface area contributed by atoms with Crippen LogP contribution in [0.15, 0.2) is 6.20 Å². The van der Waals surface area contributed by atoms with Gasteiger partial charge in [0.25, 0.3) is 0 Å². The first-order chi connectivity index (χ1) is 5.65. The van der Waals surface area contributed by atoms with Crippen molar-refractivity contribution in [1.82, 2.24) is 9.55 Å². The molecule has 1 unspecified atom stereocenters. The number of nitrogens with zero attached hydrogens (tertiary/aromatic N) is 2. The van der Waals surface area contributed by atoms with E-state index in [1.165, 1.54) is 0 Å². The van der Waals surface area contributed by atoms with Gasteiger partial charge in [0.2, 0.25) is 5.95 Å². The number of hydrogen-bond donors (Lipinski definition) is 1. The van der Waals surface area contributed by atoms with Crippen molar-refractivity contribution in [3.05, 3.63) is 11.9 Å². The van der Waals surface area contributed by atoms with Crippen molar-refractivity contribution in [2.24, 2.45) is 0 Å². The highest BCUT2D eigenvalue weighted by Crippen LogP contribution is 2.16. The zero-order chi connectivity index (χ0) is 9.14. The van der Waals surface area contributed by atoms with Crippen LogP contribution < -0.4 is 5.73 Å². The minimum Gasteiger partial charge on any atom is -0.369 e. The highest BCUT2D eigenvalue weighted by molar-refractivity contribution is 7.98. The van der Waals surface area contributed by atoms with E-state index in [4.69, 9.17) is 5.73 Å². The minimum atomic E-state index is 0.432. The third-order valence-electron chi connectivity index (χ3n) is 1.76. The third kappa shape index (κ3) is 1.94. The smallest absolute Gasteiger partial charge is 0.200 e. The molecule has 4 heteroatoms. The monoisotopic (exact) mass is 185 g/mol. The third-order valence-corrected chi connectivity index (χ3v) is 2.58. The molecular weight excluding hydrogens is 170 g/mol. The highest BCUT2D eigenvalue weighted by atomic mass is 32.2. The summed E-state index contributed by atoms with van der Waals surface area (Å²) in [6, 6.07) is 0.432. The quantitative estimate of drug-likeness (QED) is 0.779. The molecule has 0 amide bonds. The number of anilines is 1. The second-order valence-corrected chi connectivity index (χ2v) is 3.86. The topological polar surface area (TPSA) is 43.8 Å². The van der Waals surface area contributed by atoms with Crippen molar-refractivity contribution in [2.45, 2.75) is 19.9 Å². The van der Waals surface area contributed by atoms with Gasteiger partial charge >= 0.3 is 0 Å². The van der Waals surface area contributed by atoms with E-state index in [0.717, 1.165) is 11.4 Å². The largest absolute Gasteiger partial charge is 0.369 e. The molecule has 0 aliphatic heterocycles.